The van der Waals surface area contributed by atoms with E-state index in [4.69, 9.17) is 5.73 Å². The van der Waals surface area contributed by atoms with Crippen molar-refractivity contribution in [3.05, 3.63) is 18.0 Å². The van der Waals surface area contributed by atoms with E-state index in [1.165, 1.54) is 10.9 Å². The number of rotatable bonds is 4. The van der Waals surface area contributed by atoms with Crippen molar-refractivity contribution in [1.82, 2.24) is 20.0 Å². The Morgan fingerprint density at radius 2 is 2.16 bits per heavy atom. The zero-order valence-corrected chi connectivity index (χ0v) is 11.7. The van der Waals surface area contributed by atoms with Gasteiger partial charge in [0.1, 0.15) is 4.90 Å². The highest BCUT2D eigenvalue weighted by atomic mass is 32.2. The number of hydrogen-bond donors (Lipinski definition) is 3. The van der Waals surface area contributed by atoms with E-state index >= 15 is 0 Å². The molecule has 2 heterocycles. The molecule has 0 bridgehead atoms. The van der Waals surface area contributed by atoms with Crippen LogP contribution in [-0.2, 0) is 17.1 Å². The lowest BCUT2D eigenvalue weighted by Gasteiger charge is -2.02. The summed E-state index contributed by atoms with van der Waals surface area (Å²) in [6.07, 6.45) is 1.34. The Hall–Kier alpha value is -2.03. The average molecular weight is 284 g/mol. The van der Waals surface area contributed by atoms with E-state index in [0.29, 0.717) is 0 Å². The highest BCUT2D eigenvalue weighted by Crippen LogP contribution is 2.21. The predicted octanol–water partition coefficient (Wildman–Crippen LogP) is 0.650. The molecule has 2 aromatic heterocycles. The minimum absolute atomic E-state index is 0.0466. The number of nitrogens with two attached hydrogens (primary N) is 1. The first-order valence-corrected chi connectivity index (χ1v) is 7.15. The van der Waals surface area contributed by atoms with Gasteiger partial charge in [0.2, 0.25) is 0 Å². The van der Waals surface area contributed by atoms with Crippen molar-refractivity contribution in [3.63, 3.8) is 0 Å². The van der Waals surface area contributed by atoms with Crippen LogP contribution in [0.1, 0.15) is 25.5 Å². The molecule has 0 aliphatic rings. The molecule has 104 valence electrons. The number of nitrogens with zero attached hydrogens (tertiary/aromatic N) is 3. The molecule has 0 unspecified atom stereocenters. The number of aryl methyl sites for hydroxylation is 1. The van der Waals surface area contributed by atoms with Gasteiger partial charge in [0.25, 0.3) is 10.0 Å². The molecule has 4 N–H and O–H groups in total. The molecular weight excluding hydrogens is 268 g/mol. The summed E-state index contributed by atoms with van der Waals surface area (Å²) in [6.45, 7) is 3.95. The van der Waals surface area contributed by atoms with Crippen LogP contribution in [0.5, 0.6) is 0 Å². The van der Waals surface area contributed by atoms with Crippen molar-refractivity contribution in [2.45, 2.75) is 24.7 Å². The summed E-state index contributed by atoms with van der Waals surface area (Å²) in [6, 6.07) is 1.65. The number of aromatic nitrogens is 4. The van der Waals surface area contributed by atoms with Crippen molar-refractivity contribution >= 4 is 21.7 Å². The first-order chi connectivity index (χ1) is 8.79. The van der Waals surface area contributed by atoms with Crippen molar-refractivity contribution in [1.29, 1.82) is 0 Å². The average Bonchev–Trinajstić information content (AvgIpc) is 2.85. The van der Waals surface area contributed by atoms with Crippen molar-refractivity contribution in [2.75, 3.05) is 10.5 Å². The van der Waals surface area contributed by atoms with Crippen molar-refractivity contribution in [3.8, 4) is 0 Å². The van der Waals surface area contributed by atoms with Gasteiger partial charge in [-0.2, -0.15) is 10.2 Å². The molecule has 0 aromatic carbocycles. The highest BCUT2D eigenvalue weighted by molar-refractivity contribution is 7.92. The van der Waals surface area contributed by atoms with Crippen LogP contribution in [0, 0.1) is 0 Å². The second-order valence-corrected chi connectivity index (χ2v) is 6.17. The van der Waals surface area contributed by atoms with Gasteiger partial charge in [0.05, 0.1) is 0 Å². The minimum atomic E-state index is -3.78. The molecule has 0 fully saturated rings. The molecule has 0 aliphatic carbocycles. The van der Waals surface area contributed by atoms with Gasteiger partial charge >= 0.3 is 0 Å². The van der Waals surface area contributed by atoms with Gasteiger partial charge in [-0.15, -0.1) is 0 Å². The summed E-state index contributed by atoms with van der Waals surface area (Å²) >= 11 is 0. The molecule has 0 aliphatic heterocycles. The van der Waals surface area contributed by atoms with Crippen LogP contribution in [-0.4, -0.2) is 28.4 Å². The molecule has 2 aromatic rings. The van der Waals surface area contributed by atoms with E-state index in [9.17, 15) is 8.42 Å². The third kappa shape index (κ3) is 2.70. The van der Waals surface area contributed by atoms with Gasteiger partial charge in [-0.1, -0.05) is 13.8 Å². The van der Waals surface area contributed by atoms with Crippen LogP contribution >= 0.6 is 0 Å². The zero-order valence-electron chi connectivity index (χ0n) is 10.9. The molecule has 8 nitrogen and oxygen atoms in total. The monoisotopic (exact) mass is 284 g/mol. The molecule has 19 heavy (non-hydrogen) atoms. The Balaban J connectivity index is 2.28. The molecule has 0 spiro atoms. The van der Waals surface area contributed by atoms with E-state index in [-0.39, 0.29) is 22.4 Å². The molecule has 0 saturated heterocycles. The second-order valence-electron chi connectivity index (χ2n) is 4.52. The van der Waals surface area contributed by atoms with Gasteiger partial charge in [0, 0.05) is 25.0 Å². The molecule has 9 heteroatoms. The summed E-state index contributed by atoms with van der Waals surface area (Å²) in [5.41, 5.74) is 6.40. The van der Waals surface area contributed by atoms with Crippen LogP contribution in [0.15, 0.2) is 17.2 Å². The zero-order chi connectivity index (χ0) is 14.2. The first-order valence-electron chi connectivity index (χ1n) is 5.67. The Bertz CT molecular complexity index is 685. The van der Waals surface area contributed by atoms with E-state index in [2.05, 4.69) is 20.0 Å². The Kier molecular flexibility index (Phi) is 3.23. The smallest absolute Gasteiger partial charge is 0.268 e. The number of anilines is 2. The topological polar surface area (TPSA) is 119 Å². The summed E-state index contributed by atoms with van der Waals surface area (Å²) < 4.78 is 27.9. The fraction of sp³-hybridized carbons (Fsp3) is 0.400. The Labute approximate surface area is 111 Å². The Morgan fingerprint density at radius 3 is 2.63 bits per heavy atom. The van der Waals surface area contributed by atoms with Crippen molar-refractivity contribution < 1.29 is 8.42 Å². The summed E-state index contributed by atoms with van der Waals surface area (Å²) in [5, 5.41) is 10.5. The van der Waals surface area contributed by atoms with Crippen LogP contribution in [0.3, 0.4) is 0 Å². The summed E-state index contributed by atoms with van der Waals surface area (Å²) in [4.78, 5) is -0.0657. The van der Waals surface area contributed by atoms with Crippen LogP contribution < -0.4 is 10.5 Å². The Morgan fingerprint density at radius 1 is 1.47 bits per heavy atom. The normalized spacial score (nSPS) is 12.0. The third-order valence-corrected chi connectivity index (χ3v) is 3.94. The number of sulfonamides is 1. The van der Waals surface area contributed by atoms with Gasteiger partial charge in [-0.3, -0.25) is 14.5 Å². The standard InChI is InChI=1S/C10H16N6O2S/c1-6(2)7-4-9(13-12-7)15-19(17,18)8-5-16(3)14-10(8)11/h4-6H,1-3H3,(H2,11,14)(H2,12,13,15). The number of nitrogens with one attached hydrogen (secondary N) is 2. The van der Waals surface area contributed by atoms with Crippen molar-refractivity contribution in [2.24, 2.45) is 7.05 Å². The maximum Gasteiger partial charge on any atom is 0.268 e. The first kappa shape index (κ1) is 13.4. The van der Waals surface area contributed by atoms with Crippen LogP contribution in [0.4, 0.5) is 11.6 Å². The van der Waals surface area contributed by atoms with E-state index < -0.39 is 10.0 Å². The maximum atomic E-state index is 12.1. The third-order valence-electron chi connectivity index (χ3n) is 2.57. The molecular formula is C10H16N6O2S. The molecule has 0 saturated carbocycles. The quantitative estimate of drug-likeness (QED) is 0.761. The van der Waals surface area contributed by atoms with E-state index in [1.54, 1.807) is 13.1 Å². The SMILES string of the molecule is CC(C)c1cc(NS(=O)(=O)c2cn(C)nc2N)n[nH]1. The lowest BCUT2D eigenvalue weighted by atomic mass is 10.1. The van der Waals surface area contributed by atoms with Crippen LogP contribution in [0.2, 0.25) is 0 Å². The maximum absolute atomic E-state index is 12.1. The van der Waals surface area contributed by atoms with Gasteiger partial charge in [0.15, 0.2) is 11.6 Å². The molecule has 0 radical (unpaired) electrons. The lowest BCUT2D eigenvalue weighted by molar-refractivity contribution is 0.601. The number of aromatic amines is 1. The van der Waals surface area contributed by atoms with Gasteiger partial charge in [-0.25, -0.2) is 8.42 Å². The molecule has 0 amide bonds. The van der Waals surface area contributed by atoms with Crippen LogP contribution in [0.25, 0.3) is 0 Å². The molecule has 0 atom stereocenters. The van der Waals surface area contributed by atoms with E-state index in [1.807, 2.05) is 13.8 Å². The fourth-order valence-electron chi connectivity index (χ4n) is 1.57. The molecule has 2 rings (SSSR count). The number of H-pyrrole nitrogens is 1. The largest absolute Gasteiger partial charge is 0.381 e. The minimum Gasteiger partial charge on any atom is -0.381 e. The fourth-order valence-corrected chi connectivity index (χ4v) is 2.67. The summed E-state index contributed by atoms with van der Waals surface area (Å²) in [5.74, 6) is 0.413. The predicted molar refractivity (Wildman–Crippen MR) is 71.1 cm³/mol. The number of hydrogen-bond acceptors (Lipinski definition) is 5. The van der Waals surface area contributed by atoms with E-state index in [0.717, 1.165) is 5.69 Å². The second kappa shape index (κ2) is 4.57. The van der Waals surface area contributed by atoms with Gasteiger partial charge in [-0.05, 0) is 5.92 Å². The summed E-state index contributed by atoms with van der Waals surface area (Å²) in [7, 11) is -2.18. The van der Waals surface area contributed by atoms with Gasteiger partial charge < -0.3 is 5.73 Å². The lowest BCUT2D eigenvalue weighted by Crippen LogP contribution is -2.14. The number of nitrogen functional groups attached to an aromatic ring is 1. The highest BCUT2D eigenvalue weighted by Gasteiger charge is 2.21.